The summed E-state index contributed by atoms with van der Waals surface area (Å²) in [5, 5.41) is 3.79. The third-order valence-corrected chi connectivity index (χ3v) is 7.08. The summed E-state index contributed by atoms with van der Waals surface area (Å²) in [6.45, 7) is 1.28. The van der Waals surface area contributed by atoms with E-state index in [0.29, 0.717) is 10.7 Å². The van der Waals surface area contributed by atoms with Crippen molar-refractivity contribution >= 4 is 20.7 Å². The first kappa shape index (κ1) is 27.9. The fourth-order valence-electron chi connectivity index (χ4n) is 3.41. The van der Waals surface area contributed by atoms with E-state index in [1.54, 1.807) is 0 Å². The first-order chi connectivity index (χ1) is 18.1. The van der Waals surface area contributed by atoms with E-state index in [1.165, 1.54) is 19.1 Å². The third kappa shape index (κ3) is 5.55. The lowest BCUT2D eigenvalue weighted by Crippen LogP contribution is -2.33. The van der Waals surface area contributed by atoms with Gasteiger partial charge in [-0.2, -0.15) is 40.5 Å². The number of pyridine rings is 2. The number of alkyl halides is 7. The second-order valence-electron chi connectivity index (χ2n) is 7.94. The van der Waals surface area contributed by atoms with Crippen LogP contribution in [0, 0.1) is 0 Å². The lowest BCUT2D eigenvalue weighted by molar-refractivity contribution is -0.253. The summed E-state index contributed by atoms with van der Waals surface area (Å²) in [6.07, 6.45) is -11.7. The molecule has 0 saturated heterocycles. The number of aromatic nitrogens is 4. The van der Waals surface area contributed by atoms with Crippen LogP contribution in [-0.4, -0.2) is 46.5 Å². The van der Waals surface area contributed by atoms with E-state index in [4.69, 9.17) is 0 Å². The quantitative estimate of drug-likeness (QED) is 0.289. The minimum Gasteiger partial charge on any atom is -0.428 e. The molecule has 0 aliphatic rings. The Balaban J connectivity index is 1.88. The molecule has 39 heavy (non-hydrogen) atoms. The van der Waals surface area contributed by atoms with Crippen molar-refractivity contribution < 1.29 is 43.9 Å². The van der Waals surface area contributed by atoms with Crippen molar-refractivity contribution in [1.82, 2.24) is 19.7 Å². The number of sulfone groups is 1. The van der Waals surface area contributed by atoms with Crippen LogP contribution in [0.15, 0.2) is 64.5 Å². The highest BCUT2D eigenvalue weighted by molar-refractivity contribution is 7.91. The van der Waals surface area contributed by atoms with Gasteiger partial charge in [0.05, 0.1) is 11.9 Å². The second-order valence-corrected chi connectivity index (χ2v) is 10.2. The van der Waals surface area contributed by atoms with Gasteiger partial charge in [-0.3, -0.25) is 4.79 Å². The van der Waals surface area contributed by atoms with E-state index in [-0.39, 0.29) is 16.5 Å². The van der Waals surface area contributed by atoms with E-state index >= 15 is 0 Å². The topological polar surface area (TPSA) is 104 Å². The molecule has 8 nitrogen and oxygen atoms in total. The van der Waals surface area contributed by atoms with Crippen LogP contribution in [-0.2, 0) is 16.0 Å². The lowest BCUT2D eigenvalue weighted by Gasteiger charge is -2.17. The van der Waals surface area contributed by atoms with Crippen LogP contribution >= 0.6 is 0 Å². The summed E-state index contributed by atoms with van der Waals surface area (Å²) >= 11 is 0. The van der Waals surface area contributed by atoms with Gasteiger partial charge in [0.25, 0.3) is 5.56 Å². The van der Waals surface area contributed by atoms with Crippen LogP contribution in [0.4, 0.5) is 30.7 Å². The molecule has 3 aromatic heterocycles. The minimum absolute atomic E-state index is 0.00269. The highest BCUT2D eigenvalue weighted by Crippen LogP contribution is 2.32. The Labute approximate surface area is 214 Å². The fourth-order valence-corrected chi connectivity index (χ4v) is 4.44. The molecule has 0 bridgehead atoms. The summed E-state index contributed by atoms with van der Waals surface area (Å²) in [4.78, 5) is 19.8. The van der Waals surface area contributed by atoms with Gasteiger partial charge in [-0.05, 0) is 35.9 Å². The molecule has 0 amide bonds. The molecule has 16 heteroatoms. The van der Waals surface area contributed by atoms with Crippen molar-refractivity contribution in [3.05, 3.63) is 70.9 Å². The predicted octanol–water partition coefficient (Wildman–Crippen LogP) is 4.89. The highest BCUT2D eigenvalue weighted by Gasteiger charge is 2.44. The Bertz CT molecular complexity index is 1720. The second kappa shape index (κ2) is 9.91. The number of fused-ring (bicyclic) bond motifs is 1. The minimum atomic E-state index is -4.86. The highest BCUT2D eigenvalue weighted by atomic mass is 32.2. The maximum absolute atomic E-state index is 13.3. The fraction of sp³-hybridized carbons (Fsp3) is 0.217. The van der Waals surface area contributed by atoms with E-state index in [1.807, 2.05) is 0 Å². The predicted molar refractivity (Wildman–Crippen MR) is 123 cm³/mol. The smallest absolute Gasteiger partial charge is 0.428 e. The molecule has 0 fully saturated rings. The Morgan fingerprint density at radius 3 is 2.36 bits per heavy atom. The number of rotatable bonds is 7. The van der Waals surface area contributed by atoms with Crippen molar-refractivity contribution in [2.45, 2.75) is 30.5 Å². The molecule has 4 rings (SSSR count). The summed E-state index contributed by atoms with van der Waals surface area (Å²) in [6, 6.07) is 7.11. The molecule has 0 spiro atoms. The number of nitrogens with zero attached hydrogens (tertiary/aromatic N) is 4. The van der Waals surface area contributed by atoms with Crippen molar-refractivity contribution in [1.29, 1.82) is 0 Å². The zero-order valence-corrected chi connectivity index (χ0v) is 20.3. The molecule has 0 radical (unpaired) electrons. The van der Waals surface area contributed by atoms with Crippen molar-refractivity contribution in [2.24, 2.45) is 0 Å². The maximum Gasteiger partial charge on any atom is 0.461 e. The van der Waals surface area contributed by atoms with Crippen LogP contribution in [0.3, 0.4) is 0 Å². The van der Waals surface area contributed by atoms with Crippen molar-refractivity contribution in [3.63, 3.8) is 0 Å². The van der Waals surface area contributed by atoms with E-state index in [9.17, 15) is 43.9 Å². The molecule has 4 aromatic rings. The number of halogens is 7. The maximum atomic E-state index is 13.3. The summed E-state index contributed by atoms with van der Waals surface area (Å²) < 4.78 is 121. The van der Waals surface area contributed by atoms with Gasteiger partial charge in [0.15, 0.2) is 15.7 Å². The third-order valence-electron chi connectivity index (χ3n) is 5.35. The molecule has 1 aromatic carbocycles. The molecule has 0 unspecified atom stereocenters. The molecule has 0 aliphatic heterocycles. The van der Waals surface area contributed by atoms with Crippen molar-refractivity contribution in [3.8, 4) is 22.7 Å². The molecular formula is C23H15F7N4O4S. The van der Waals surface area contributed by atoms with Crippen LogP contribution in [0.2, 0.25) is 0 Å². The molecule has 0 saturated carbocycles. The zero-order valence-electron chi connectivity index (χ0n) is 19.5. The van der Waals surface area contributed by atoms with Gasteiger partial charge in [-0.25, -0.2) is 18.4 Å². The first-order valence-electron chi connectivity index (χ1n) is 10.8. The van der Waals surface area contributed by atoms with Crippen LogP contribution in [0.5, 0.6) is 5.75 Å². The molecule has 3 heterocycles. The zero-order chi connectivity index (χ0) is 28.8. The summed E-state index contributed by atoms with van der Waals surface area (Å²) in [7, 11) is -4.17. The van der Waals surface area contributed by atoms with Gasteiger partial charge < -0.3 is 4.74 Å². The normalized spacial score (nSPS) is 12.7. The molecule has 206 valence electrons. The Kier molecular flexibility index (Phi) is 7.10. The number of ether oxygens (including phenoxy) is 1. The van der Waals surface area contributed by atoms with Gasteiger partial charge in [0, 0.05) is 17.1 Å². The van der Waals surface area contributed by atoms with Crippen molar-refractivity contribution in [2.75, 3.05) is 5.75 Å². The largest absolute Gasteiger partial charge is 0.461 e. The van der Waals surface area contributed by atoms with Gasteiger partial charge in [0.1, 0.15) is 21.9 Å². The van der Waals surface area contributed by atoms with Crippen LogP contribution in [0.1, 0.15) is 12.6 Å². The van der Waals surface area contributed by atoms with E-state index in [2.05, 4.69) is 19.8 Å². The van der Waals surface area contributed by atoms with Crippen LogP contribution in [0.25, 0.3) is 27.8 Å². The molecule has 0 aliphatic carbocycles. The van der Waals surface area contributed by atoms with Gasteiger partial charge >= 0.3 is 18.7 Å². The van der Waals surface area contributed by atoms with Crippen LogP contribution < -0.4 is 10.3 Å². The number of benzene rings is 1. The summed E-state index contributed by atoms with van der Waals surface area (Å²) in [5.74, 6) is -1.70. The monoisotopic (exact) mass is 576 g/mol. The van der Waals surface area contributed by atoms with Gasteiger partial charge in [-0.15, -0.1) is 0 Å². The Hall–Kier alpha value is -4.08. The first-order valence-corrected chi connectivity index (χ1v) is 12.4. The number of hydrogen-bond acceptors (Lipinski definition) is 7. The standard InChI is InChI=1S/C23H15F7N4O4S/c1-2-39(36,37)16-9-14(12-4-3-5-15(8-12)38-23(29,30)21(24)25)10-31-19(16)34-20(35)18-13(11-32-34)6-7-17(33-18)22(26,27)28/h3-11,21H,2H2,1H3. The van der Waals surface area contributed by atoms with Gasteiger partial charge in [0.2, 0.25) is 0 Å². The lowest BCUT2D eigenvalue weighted by atomic mass is 10.1. The van der Waals surface area contributed by atoms with E-state index < -0.39 is 67.5 Å². The average molecular weight is 576 g/mol. The Morgan fingerprint density at radius 2 is 1.72 bits per heavy atom. The summed E-state index contributed by atoms with van der Waals surface area (Å²) in [5.41, 5.74) is -3.14. The number of hydrogen-bond donors (Lipinski definition) is 0. The molecule has 0 N–H and O–H groups in total. The SMILES string of the molecule is CCS(=O)(=O)c1cc(-c2cccc(OC(F)(F)C(F)F)c2)cnc1-n1ncc2ccc(C(F)(F)F)nc2c1=O. The van der Waals surface area contributed by atoms with Gasteiger partial charge in [-0.1, -0.05) is 19.1 Å². The molecule has 0 atom stereocenters. The average Bonchev–Trinajstić information content (AvgIpc) is 2.88. The van der Waals surface area contributed by atoms with E-state index in [0.717, 1.165) is 36.7 Å². The Morgan fingerprint density at radius 1 is 1.00 bits per heavy atom. The molecular weight excluding hydrogens is 561 g/mol.